The van der Waals surface area contributed by atoms with Crippen molar-refractivity contribution in [3.63, 3.8) is 0 Å². The monoisotopic (exact) mass is 407 g/mol. The number of aromatic nitrogens is 1. The molecule has 0 N–H and O–H groups in total. The van der Waals surface area contributed by atoms with Crippen molar-refractivity contribution in [3.8, 4) is 17.6 Å². The second kappa shape index (κ2) is 9.08. The standard InChI is InChI=1S/C24H29N3O3/c1-6-8-27-16(2)10-19(17(27)3)11-20(14-25)24(28)26-9-7-18-12-22(29-4)23(30-5)13-21(18)15-26/h10-13H,6-9,15H2,1-5H3/b20-11+. The van der Waals surface area contributed by atoms with E-state index in [-0.39, 0.29) is 11.5 Å². The number of carbonyl (C=O) groups excluding carboxylic acids is 1. The Balaban J connectivity index is 1.87. The highest BCUT2D eigenvalue weighted by atomic mass is 16.5. The summed E-state index contributed by atoms with van der Waals surface area (Å²) in [4.78, 5) is 14.9. The van der Waals surface area contributed by atoms with Gasteiger partial charge in [-0.15, -0.1) is 0 Å². The molecule has 0 fully saturated rings. The van der Waals surface area contributed by atoms with Crippen molar-refractivity contribution in [3.05, 3.63) is 51.9 Å². The smallest absolute Gasteiger partial charge is 0.264 e. The van der Waals surface area contributed by atoms with Gasteiger partial charge in [0, 0.05) is 31.0 Å². The fourth-order valence-electron chi connectivity index (χ4n) is 4.07. The second-order valence-electron chi connectivity index (χ2n) is 7.60. The lowest BCUT2D eigenvalue weighted by Crippen LogP contribution is -2.36. The molecule has 0 atom stereocenters. The molecule has 1 aromatic carbocycles. The maximum atomic E-state index is 13.1. The third-order valence-corrected chi connectivity index (χ3v) is 5.72. The number of hydrogen-bond acceptors (Lipinski definition) is 4. The van der Waals surface area contributed by atoms with Crippen molar-refractivity contribution in [1.82, 2.24) is 9.47 Å². The molecule has 0 bridgehead atoms. The topological polar surface area (TPSA) is 67.5 Å². The van der Waals surface area contributed by atoms with E-state index in [4.69, 9.17) is 9.47 Å². The van der Waals surface area contributed by atoms with Crippen molar-refractivity contribution in [1.29, 1.82) is 5.26 Å². The van der Waals surface area contributed by atoms with Crippen LogP contribution in [0.3, 0.4) is 0 Å². The molecular formula is C24H29N3O3. The number of ether oxygens (including phenoxy) is 2. The molecule has 6 nitrogen and oxygen atoms in total. The SMILES string of the molecule is CCCn1c(C)cc(/C=C(\C#N)C(=O)N2CCc3cc(OC)c(OC)cc3C2)c1C. The van der Waals surface area contributed by atoms with Gasteiger partial charge in [0.05, 0.1) is 14.2 Å². The van der Waals surface area contributed by atoms with Crippen molar-refractivity contribution in [2.24, 2.45) is 0 Å². The van der Waals surface area contributed by atoms with Crippen LogP contribution in [-0.4, -0.2) is 36.1 Å². The number of carbonyl (C=O) groups is 1. The van der Waals surface area contributed by atoms with E-state index in [9.17, 15) is 10.1 Å². The van der Waals surface area contributed by atoms with Gasteiger partial charge in [0.2, 0.25) is 0 Å². The minimum Gasteiger partial charge on any atom is -0.493 e. The Bertz CT molecular complexity index is 1030. The highest BCUT2D eigenvalue weighted by molar-refractivity contribution is 6.02. The molecule has 0 unspecified atom stereocenters. The van der Waals surface area contributed by atoms with Crippen LogP contribution in [0, 0.1) is 25.2 Å². The quantitative estimate of drug-likeness (QED) is 0.536. The Hall–Kier alpha value is -3.20. The van der Waals surface area contributed by atoms with Crippen LogP contribution in [0.1, 0.15) is 41.4 Å². The number of methoxy groups -OCH3 is 2. The lowest BCUT2D eigenvalue weighted by atomic mass is 9.98. The number of fused-ring (bicyclic) bond motifs is 1. The lowest BCUT2D eigenvalue weighted by Gasteiger charge is -2.29. The number of benzene rings is 1. The first-order valence-corrected chi connectivity index (χ1v) is 10.2. The Labute approximate surface area is 178 Å². The third kappa shape index (κ3) is 4.06. The van der Waals surface area contributed by atoms with Gasteiger partial charge in [0.25, 0.3) is 5.91 Å². The summed E-state index contributed by atoms with van der Waals surface area (Å²) in [5.41, 5.74) is 5.47. The Morgan fingerprint density at radius 3 is 2.43 bits per heavy atom. The Kier molecular flexibility index (Phi) is 6.51. The number of aryl methyl sites for hydroxylation is 1. The summed E-state index contributed by atoms with van der Waals surface area (Å²) in [5, 5.41) is 9.70. The molecule has 1 aliphatic rings. The van der Waals surface area contributed by atoms with Crippen LogP contribution in [0.15, 0.2) is 23.8 Å². The summed E-state index contributed by atoms with van der Waals surface area (Å²) in [7, 11) is 3.21. The van der Waals surface area contributed by atoms with Crippen LogP contribution >= 0.6 is 0 Å². The van der Waals surface area contributed by atoms with Gasteiger partial charge in [-0.2, -0.15) is 5.26 Å². The van der Waals surface area contributed by atoms with Gasteiger partial charge in [0.15, 0.2) is 11.5 Å². The molecule has 6 heteroatoms. The predicted molar refractivity (Wildman–Crippen MR) is 116 cm³/mol. The molecule has 0 saturated heterocycles. The van der Waals surface area contributed by atoms with Crippen LogP contribution in [0.2, 0.25) is 0 Å². The number of nitrogens with zero attached hydrogens (tertiary/aromatic N) is 3. The van der Waals surface area contributed by atoms with Gasteiger partial charge < -0.3 is 18.9 Å². The van der Waals surface area contributed by atoms with E-state index in [1.807, 2.05) is 25.1 Å². The number of nitriles is 1. The summed E-state index contributed by atoms with van der Waals surface area (Å²) in [5.74, 6) is 1.10. The van der Waals surface area contributed by atoms with E-state index >= 15 is 0 Å². The highest BCUT2D eigenvalue weighted by Crippen LogP contribution is 2.33. The average molecular weight is 408 g/mol. The van der Waals surface area contributed by atoms with Crippen molar-refractivity contribution in [2.45, 2.75) is 46.7 Å². The maximum Gasteiger partial charge on any atom is 0.264 e. The van der Waals surface area contributed by atoms with Gasteiger partial charge in [-0.3, -0.25) is 4.79 Å². The van der Waals surface area contributed by atoms with Crippen LogP contribution in [0.5, 0.6) is 11.5 Å². The molecule has 2 aromatic rings. The normalized spacial score (nSPS) is 13.6. The number of rotatable bonds is 6. The molecule has 2 heterocycles. The van der Waals surface area contributed by atoms with Crippen molar-refractivity contribution < 1.29 is 14.3 Å². The molecule has 0 spiro atoms. The zero-order valence-corrected chi connectivity index (χ0v) is 18.4. The average Bonchev–Trinajstić information content (AvgIpc) is 3.03. The summed E-state index contributed by atoms with van der Waals surface area (Å²) >= 11 is 0. The first kappa shape index (κ1) is 21.5. The van der Waals surface area contributed by atoms with Crippen molar-refractivity contribution in [2.75, 3.05) is 20.8 Å². The summed E-state index contributed by atoms with van der Waals surface area (Å²) < 4.78 is 13.0. The zero-order chi connectivity index (χ0) is 21.8. The first-order valence-electron chi connectivity index (χ1n) is 10.2. The lowest BCUT2D eigenvalue weighted by molar-refractivity contribution is -0.127. The van der Waals surface area contributed by atoms with Gasteiger partial charge >= 0.3 is 0 Å². The van der Waals surface area contributed by atoms with Crippen LogP contribution in [0.25, 0.3) is 6.08 Å². The van der Waals surface area contributed by atoms with Gasteiger partial charge in [-0.25, -0.2) is 0 Å². The summed E-state index contributed by atoms with van der Waals surface area (Å²) in [6.07, 6.45) is 3.47. The van der Waals surface area contributed by atoms with Crippen LogP contribution in [0.4, 0.5) is 0 Å². The molecule has 0 saturated carbocycles. The Morgan fingerprint density at radius 2 is 1.83 bits per heavy atom. The van der Waals surface area contributed by atoms with Gasteiger partial charge in [-0.05, 0) is 67.7 Å². The fourth-order valence-corrected chi connectivity index (χ4v) is 4.07. The fraction of sp³-hybridized carbons (Fsp3) is 0.417. The van der Waals surface area contributed by atoms with E-state index in [1.165, 1.54) is 0 Å². The zero-order valence-electron chi connectivity index (χ0n) is 18.4. The van der Waals surface area contributed by atoms with E-state index < -0.39 is 0 Å². The van der Waals surface area contributed by atoms with Gasteiger partial charge in [0.1, 0.15) is 11.6 Å². The van der Waals surface area contributed by atoms with Crippen molar-refractivity contribution >= 4 is 12.0 Å². The predicted octanol–water partition coefficient (Wildman–Crippen LogP) is 4.02. The molecule has 0 radical (unpaired) electrons. The molecule has 1 aromatic heterocycles. The minimum absolute atomic E-state index is 0.163. The molecule has 0 aliphatic carbocycles. The Morgan fingerprint density at radius 1 is 1.17 bits per heavy atom. The van der Waals surface area contributed by atoms with Crippen LogP contribution in [-0.2, 0) is 24.3 Å². The van der Waals surface area contributed by atoms with Crippen LogP contribution < -0.4 is 9.47 Å². The third-order valence-electron chi connectivity index (χ3n) is 5.72. The highest BCUT2D eigenvalue weighted by Gasteiger charge is 2.25. The first-order chi connectivity index (χ1) is 14.4. The molecular weight excluding hydrogens is 378 g/mol. The maximum absolute atomic E-state index is 13.1. The summed E-state index contributed by atoms with van der Waals surface area (Å²) in [6, 6.07) is 8.05. The molecule has 30 heavy (non-hydrogen) atoms. The van der Waals surface area contributed by atoms with E-state index in [2.05, 4.69) is 24.5 Å². The largest absolute Gasteiger partial charge is 0.493 e. The van der Waals surface area contributed by atoms with E-state index in [0.717, 1.165) is 41.0 Å². The summed E-state index contributed by atoms with van der Waals surface area (Å²) in [6.45, 7) is 8.16. The second-order valence-corrected chi connectivity index (χ2v) is 7.60. The number of hydrogen-bond donors (Lipinski definition) is 0. The van der Waals surface area contributed by atoms with E-state index in [1.54, 1.807) is 25.2 Å². The molecule has 158 valence electrons. The number of amides is 1. The minimum atomic E-state index is -0.238. The van der Waals surface area contributed by atoms with E-state index in [0.29, 0.717) is 31.0 Å². The van der Waals surface area contributed by atoms with Gasteiger partial charge in [-0.1, -0.05) is 6.92 Å². The molecule has 3 rings (SSSR count). The molecule has 1 aliphatic heterocycles. The molecule has 1 amide bonds.